The Balaban J connectivity index is 2.27. The minimum Gasteiger partial charge on any atom is -0.466 e. The molecule has 1 N–H and O–H groups in total. The van der Waals surface area contributed by atoms with Gasteiger partial charge in [-0.3, -0.25) is 4.79 Å². The molecule has 1 aromatic heterocycles. The first-order valence-corrected chi connectivity index (χ1v) is 7.08. The van der Waals surface area contributed by atoms with E-state index in [0.29, 0.717) is 11.5 Å². The summed E-state index contributed by atoms with van der Waals surface area (Å²) >= 11 is 0. The maximum atomic E-state index is 12.0. The molecule has 0 bridgehead atoms. The Morgan fingerprint density at radius 3 is 2.32 bits per heavy atom. The lowest BCUT2D eigenvalue weighted by Crippen LogP contribution is -2.30. The van der Waals surface area contributed by atoms with Gasteiger partial charge in [0.15, 0.2) is 0 Å². The van der Waals surface area contributed by atoms with Gasteiger partial charge in [-0.2, -0.15) is 0 Å². The van der Waals surface area contributed by atoms with Crippen LogP contribution in [0.2, 0.25) is 0 Å². The summed E-state index contributed by atoms with van der Waals surface area (Å²) in [6.07, 6.45) is 0. The van der Waals surface area contributed by atoms with Gasteiger partial charge in [0.05, 0.1) is 10.5 Å². The third kappa shape index (κ3) is 2.85. The molecule has 1 aromatic carbocycles. The average Bonchev–Trinajstić information content (AvgIpc) is 2.69. The van der Waals surface area contributed by atoms with Crippen LogP contribution in [-0.4, -0.2) is 14.3 Å². The molecule has 6 heteroatoms. The molecule has 0 aliphatic heterocycles. The van der Waals surface area contributed by atoms with Crippen LogP contribution in [0.15, 0.2) is 45.7 Å². The highest BCUT2D eigenvalue weighted by Gasteiger charge is 2.21. The zero-order valence-corrected chi connectivity index (χ0v) is 11.3. The largest absolute Gasteiger partial charge is 0.466 e. The van der Waals surface area contributed by atoms with Gasteiger partial charge in [0, 0.05) is 0 Å². The van der Waals surface area contributed by atoms with Crippen LogP contribution in [0, 0.1) is 13.8 Å². The van der Waals surface area contributed by atoms with Crippen molar-refractivity contribution in [2.45, 2.75) is 18.7 Å². The van der Waals surface area contributed by atoms with Crippen LogP contribution in [0.1, 0.15) is 21.9 Å². The second-order valence-corrected chi connectivity index (χ2v) is 5.76. The number of benzene rings is 1. The van der Waals surface area contributed by atoms with Crippen LogP contribution >= 0.6 is 0 Å². The van der Waals surface area contributed by atoms with E-state index in [0.717, 1.165) is 0 Å². The number of nitrogens with one attached hydrogen (secondary N) is 1. The number of carbonyl (C=O) groups is 1. The maximum absolute atomic E-state index is 12.0. The predicted molar refractivity (Wildman–Crippen MR) is 69.3 cm³/mol. The lowest BCUT2D eigenvalue weighted by molar-refractivity contribution is 0.0980. The van der Waals surface area contributed by atoms with Crippen molar-refractivity contribution >= 4 is 15.9 Å². The van der Waals surface area contributed by atoms with E-state index in [1.54, 1.807) is 32.0 Å². The Morgan fingerprint density at radius 1 is 1.16 bits per heavy atom. The standard InChI is InChI=1S/C13H13NO4S/c1-9-8-12(10(2)18-9)13(15)14-19(16,17)11-6-4-3-5-7-11/h3-8H,1-2H3,(H,14,15). The summed E-state index contributed by atoms with van der Waals surface area (Å²) in [5, 5.41) is 0. The maximum Gasteiger partial charge on any atom is 0.268 e. The molecule has 100 valence electrons. The quantitative estimate of drug-likeness (QED) is 0.932. The normalized spacial score (nSPS) is 11.3. The van der Waals surface area contributed by atoms with E-state index in [2.05, 4.69) is 0 Å². The fraction of sp³-hybridized carbons (Fsp3) is 0.154. The molecule has 1 amide bonds. The van der Waals surface area contributed by atoms with Gasteiger partial charge in [0.2, 0.25) is 0 Å². The number of hydrogen-bond donors (Lipinski definition) is 1. The summed E-state index contributed by atoms with van der Waals surface area (Å²) in [4.78, 5) is 12.0. The Bertz CT molecular complexity index is 701. The third-order valence-corrected chi connectivity index (χ3v) is 3.91. The van der Waals surface area contributed by atoms with E-state index in [4.69, 9.17) is 4.42 Å². The summed E-state index contributed by atoms with van der Waals surface area (Å²) < 4.78 is 31.2. The first-order valence-electron chi connectivity index (χ1n) is 5.59. The van der Waals surface area contributed by atoms with E-state index in [1.165, 1.54) is 18.2 Å². The lowest BCUT2D eigenvalue weighted by Gasteiger charge is -2.05. The van der Waals surface area contributed by atoms with E-state index >= 15 is 0 Å². The third-order valence-electron chi connectivity index (χ3n) is 2.57. The van der Waals surface area contributed by atoms with Crippen molar-refractivity contribution in [3.63, 3.8) is 0 Å². The van der Waals surface area contributed by atoms with Crippen molar-refractivity contribution in [3.05, 3.63) is 53.5 Å². The van der Waals surface area contributed by atoms with Gasteiger partial charge in [0.25, 0.3) is 15.9 Å². The van der Waals surface area contributed by atoms with E-state index in [1.807, 2.05) is 4.72 Å². The zero-order valence-electron chi connectivity index (χ0n) is 10.5. The molecule has 0 saturated heterocycles. The molecule has 0 unspecified atom stereocenters. The topological polar surface area (TPSA) is 76.4 Å². The molecule has 0 saturated carbocycles. The number of amides is 1. The molecule has 5 nitrogen and oxygen atoms in total. The van der Waals surface area contributed by atoms with Crippen LogP contribution in [0.5, 0.6) is 0 Å². The van der Waals surface area contributed by atoms with Gasteiger partial charge < -0.3 is 4.42 Å². The van der Waals surface area contributed by atoms with Crippen molar-refractivity contribution in [2.75, 3.05) is 0 Å². The summed E-state index contributed by atoms with van der Waals surface area (Å²) in [5.41, 5.74) is 0.219. The van der Waals surface area contributed by atoms with Gasteiger partial charge >= 0.3 is 0 Å². The Morgan fingerprint density at radius 2 is 1.79 bits per heavy atom. The minimum absolute atomic E-state index is 0.0428. The first kappa shape index (κ1) is 13.4. The van der Waals surface area contributed by atoms with Crippen LogP contribution in [0.25, 0.3) is 0 Å². The van der Waals surface area contributed by atoms with E-state index in [9.17, 15) is 13.2 Å². The monoisotopic (exact) mass is 279 g/mol. The Kier molecular flexibility index (Phi) is 3.44. The number of hydrogen-bond acceptors (Lipinski definition) is 4. The molecule has 0 spiro atoms. The van der Waals surface area contributed by atoms with Crippen molar-refractivity contribution in [2.24, 2.45) is 0 Å². The molecule has 2 aromatic rings. The molecule has 0 atom stereocenters. The molecule has 0 fully saturated rings. The number of furan rings is 1. The molecule has 19 heavy (non-hydrogen) atoms. The smallest absolute Gasteiger partial charge is 0.268 e. The minimum atomic E-state index is -3.86. The van der Waals surface area contributed by atoms with Crippen LogP contribution < -0.4 is 4.72 Å². The highest BCUT2D eigenvalue weighted by molar-refractivity contribution is 7.90. The van der Waals surface area contributed by atoms with Gasteiger partial charge in [-0.15, -0.1) is 0 Å². The van der Waals surface area contributed by atoms with Gasteiger partial charge in [-0.1, -0.05) is 18.2 Å². The van der Waals surface area contributed by atoms with Crippen molar-refractivity contribution in [1.82, 2.24) is 4.72 Å². The van der Waals surface area contributed by atoms with Crippen molar-refractivity contribution in [3.8, 4) is 0 Å². The highest BCUT2D eigenvalue weighted by atomic mass is 32.2. The number of aryl methyl sites for hydroxylation is 2. The molecule has 0 aliphatic carbocycles. The summed E-state index contributed by atoms with van der Waals surface area (Å²) in [6.45, 7) is 3.30. The van der Waals surface area contributed by atoms with Gasteiger partial charge in [-0.05, 0) is 32.0 Å². The fourth-order valence-corrected chi connectivity index (χ4v) is 2.68. The fourth-order valence-electron chi connectivity index (χ4n) is 1.69. The van der Waals surface area contributed by atoms with E-state index in [-0.39, 0.29) is 10.5 Å². The van der Waals surface area contributed by atoms with Crippen molar-refractivity contribution < 1.29 is 17.6 Å². The second kappa shape index (κ2) is 4.89. The van der Waals surface area contributed by atoms with Crippen LogP contribution in [0.4, 0.5) is 0 Å². The molecule has 2 rings (SSSR count). The molecule has 0 radical (unpaired) electrons. The predicted octanol–water partition coefficient (Wildman–Crippen LogP) is 2.02. The van der Waals surface area contributed by atoms with E-state index < -0.39 is 15.9 Å². The number of carbonyl (C=O) groups excluding carboxylic acids is 1. The first-order chi connectivity index (χ1) is 8.90. The molecular weight excluding hydrogens is 266 g/mol. The molecule has 1 heterocycles. The van der Waals surface area contributed by atoms with Crippen molar-refractivity contribution in [1.29, 1.82) is 0 Å². The molecule has 0 aliphatic rings. The second-order valence-electron chi connectivity index (χ2n) is 4.07. The Hall–Kier alpha value is -2.08. The van der Waals surface area contributed by atoms with Gasteiger partial charge in [-0.25, -0.2) is 13.1 Å². The number of sulfonamides is 1. The average molecular weight is 279 g/mol. The van der Waals surface area contributed by atoms with Gasteiger partial charge in [0.1, 0.15) is 11.5 Å². The lowest BCUT2D eigenvalue weighted by atomic mass is 10.2. The summed E-state index contributed by atoms with van der Waals surface area (Å²) in [6, 6.07) is 9.22. The molecular formula is C13H13NO4S. The number of rotatable bonds is 3. The zero-order chi connectivity index (χ0) is 14.0. The highest BCUT2D eigenvalue weighted by Crippen LogP contribution is 2.15. The Labute approximate surface area is 111 Å². The summed E-state index contributed by atoms with van der Waals surface area (Å²) in [5.74, 6) is 0.247. The summed E-state index contributed by atoms with van der Waals surface area (Å²) in [7, 11) is -3.86. The van der Waals surface area contributed by atoms with Crippen LogP contribution in [0.3, 0.4) is 0 Å². The SMILES string of the molecule is Cc1cc(C(=O)NS(=O)(=O)c2ccccc2)c(C)o1. The van der Waals surface area contributed by atoms with Crippen LogP contribution in [-0.2, 0) is 10.0 Å².